The molecule has 1 unspecified atom stereocenters. The molecule has 28 heavy (non-hydrogen) atoms. The van der Waals surface area contributed by atoms with E-state index in [1.165, 1.54) is 36.8 Å². The molecule has 8 nitrogen and oxygen atoms in total. The fourth-order valence-corrected chi connectivity index (χ4v) is 4.18. The average molecular weight is 408 g/mol. The van der Waals surface area contributed by atoms with Gasteiger partial charge in [0.2, 0.25) is 10.0 Å². The molecule has 0 aromatic heterocycles. The highest BCUT2D eigenvalue weighted by Gasteiger charge is 2.34. The Morgan fingerprint density at radius 1 is 1.00 bits per heavy atom. The topological polar surface area (TPSA) is 105 Å². The minimum Gasteiger partial charge on any atom is -0.497 e. The lowest BCUT2D eigenvalue weighted by Gasteiger charge is -2.28. The third-order valence-corrected chi connectivity index (χ3v) is 6.05. The van der Waals surface area contributed by atoms with Crippen molar-refractivity contribution in [3.8, 4) is 17.2 Å². The van der Waals surface area contributed by atoms with Gasteiger partial charge in [-0.3, -0.25) is 10.0 Å². The van der Waals surface area contributed by atoms with Crippen LogP contribution in [0.3, 0.4) is 0 Å². The lowest BCUT2D eigenvalue weighted by molar-refractivity contribution is -0.134. The Morgan fingerprint density at radius 2 is 1.46 bits per heavy atom. The number of methoxy groups -OCH3 is 1. The largest absolute Gasteiger partial charge is 0.497 e. The monoisotopic (exact) mass is 408 g/mol. The van der Waals surface area contributed by atoms with Crippen LogP contribution in [0.1, 0.15) is 13.8 Å². The first kappa shape index (κ1) is 21.7. The Balaban J connectivity index is 2.21. The van der Waals surface area contributed by atoms with Crippen LogP contribution in [0, 0.1) is 5.92 Å². The number of hydroxylamine groups is 1. The zero-order valence-electron chi connectivity index (χ0n) is 16.1. The molecule has 2 N–H and O–H groups in total. The molecule has 2 aromatic carbocycles. The maximum atomic E-state index is 12.8. The molecule has 0 aliphatic heterocycles. The molecule has 1 amide bonds. The SMILES string of the molecule is COc1ccc(Oc2ccc(S(=O)(=O)N(C)C(C(=O)NO)C(C)C)cc2)cc1. The summed E-state index contributed by atoms with van der Waals surface area (Å²) in [6, 6.07) is 11.8. The van der Waals surface area contributed by atoms with Gasteiger partial charge in [0, 0.05) is 7.05 Å². The zero-order chi connectivity index (χ0) is 20.9. The van der Waals surface area contributed by atoms with Crippen molar-refractivity contribution in [1.82, 2.24) is 9.79 Å². The van der Waals surface area contributed by atoms with Gasteiger partial charge in [0.05, 0.1) is 12.0 Å². The van der Waals surface area contributed by atoms with Crippen LogP contribution < -0.4 is 15.0 Å². The van der Waals surface area contributed by atoms with Gasteiger partial charge in [0.1, 0.15) is 23.3 Å². The van der Waals surface area contributed by atoms with Crippen molar-refractivity contribution in [3.05, 3.63) is 48.5 Å². The van der Waals surface area contributed by atoms with E-state index < -0.39 is 22.0 Å². The maximum Gasteiger partial charge on any atom is 0.262 e. The number of nitrogens with one attached hydrogen (secondary N) is 1. The van der Waals surface area contributed by atoms with Gasteiger partial charge in [-0.05, 0) is 54.4 Å². The number of carbonyl (C=O) groups is 1. The van der Waals surface area contributed by atoms with Gasteiger partial charge < -0.3 is 9.47 Å². The molecule has 152 valence electrons. The number of benzene rings is 2. The molecule has 0 saturated heterocycles. The van der Waals surface area contributed by atoms with E-state index in [9.17, 15) is 13.2 Å². The molecule has 9 heteroatoms. The second-order valence-corrected chi connectivity index (χ2v) is 8.43. The first-order valence-corrected chi connectivity index (χ1v) is 9.98. The van der Waals surface area contributed by atoms with Gasteiger partial charge in [-0.2, -0.15) is 4.31 Å². The van der Waals surface area contributed by atoms with Crippen molar-refractivity contribution in [3.63, 3.8) is 0 Å². The van der Waals surface area contributed by atoms with Crippen LogP contribution in [0.5, 0.6) is 17.2 Å². The summed E-state index contributed by atoms with van der Waals surface area (Å²) in [6.45, 7) is 3.38. The summed E-state index contributed by atoms with van der Waals surface area (Å²) >= 11 is 0. The van der Waals surface area contributed by atoms with Crippen LogP contribution in [0.2, 0.25) is 0 Å². The van der Waals surface area contributed by atoms with Crippen LogP contribution in [-0.4, -0.2) is 44.0 Å². The normalized spacial score (nSPS) is 12.7. The van der Waals surface area contributed by atoms with Crippen molar-refractivity contribution in [2.75, 3.05) is 14.2 Å². The molecular weight excluding hydrogens is 384 g/mol. The van der Waals surface area contributed by atoms with Crippen molar-refractivity contribution >= 4 is 15.9 Å². The number of nitrogens with zero attached hydrogens (tertiary/aromatic N) is 1. The van der Waals surface area contributed by atoms with E-state index in [-0.39, 0.29) is 10.8 Å². The molecule has 0 aliphatic rings. The smallest absolute Gasteiger partial charge is 0.262 e. The van der Waals surface area contributed by atoms with E-state index >= 15 is 0 Å². The van der Waals surface area contributed by atoms with Gasteiger partial charge in [0.25, 0.3) is 5.91 Å². The summed E-state index contributed by atoms with van der Waals surface area (Å²) in [6.07, 6.45) is 0. The second-order valence-electron chi connectivity index (χ2n) is 6.44. The van der Waals surface area contributed by atoms with Gasteiger partial charge in [-0.25, -0.2) is 13.9 Å². The van der Waals surface area contributed by atoms with E-state index in [1.807, 2.05) is 0 Å². The van der Waals surface area contributed by atoms with E-state index in [0.29, 0.717) is 17.2 Å². The molecule has 1 atom stereocenters. The summed E-state index contributed by atoms with van der Waals surface area (Å²) in [4.78, 5) is 11.9. The van der Waals surface area contributed by atoms with Gasteiger partial charge >= 0.3 is 0 Å². The molecular formula is C19H24N2O6S. The highest BCUT2D eigenvalue weighted by atomic mass is 32.2. The molecule has 0 fully saturated rings. The lowest BCUT2D eigenvalue weighted by atomic mass is 10.0. The minimum atomic E-state index is -3.95. The van der Waals surface area contributed by atoms with Crippen LogP contribution >= 0.6 is 0 Å². The molecule has 2 aromatic rings. The van der Waals surface area contributed by atoms with Crippen LogP contribution in [0.4, 0.5) is 0 Å². The lowest BCUT2D eigenvalue weighted by Crippen LogP contribution is -2.49. The third kappa shape index (κ3) is 4.80. The Morgan fingerprint density at radius 3 is 1.89 bits per heavy atom. The predicted octanol–water partition coefficient (Wildman–Crippen LogP) is 2.64. The molecule has 0 aliphatic carbocycles. The fraction of sp³-hybridized carbons (Fsp3) is 0.316. The first-order chi connectivity index (χ1) is 13.2. The van der Waals surface area contributed by atoms with Crippen LogP contribution in [0.15, 0.2) is 53.4 Å². The van der Waals surface area contributed by atoms with Crippen molar-refractivity contribution < 1.29 is 27.9 Å². The molecule has 0 radical (unpaired) electrons. The second kappa shape index (κ2) is 9.05. The quantitative estimate of drug-likeness (QED) is 0.514. The number of rotatable bonds is 8. The van der Waals surface area contributed by atoms with Gasteiger partial charge in [-0.15, -0.1) is 0 Å². The summed E-state index contributed by atoms with van der Waals surface area (Å²) in [5.41, 5.74) is 1.52. The summed E-state index contributed by atoms with van der Waals surface area (Å²) in [5, 5.41) is 8.90. The zero-order valence-corrected chi connectivity index (χ0v) is 16.9. The summed E-state index contributed by atoms with van der Waals surface area (Å²) < 4.78 is 37.4. The van der Waals surface area contributed by atoms with Gasteiger partial charge in [-0.1, -0.05) is 13.8 Å². The molecule has 0 spiro atoms. The van der Waals surface area contributed by atoms with E-state index in [4.69, 9.17) is 14.7 Å². The standard InChI is InChI=1S/C19H24N2O6S/c1-13(2)18(19(22)20-23)21(3)28(24,25)17-11-9-16(10-12-17)27-15-7-5-14(26-4)6-8-15/h5-13,18,23H,1-4H3,(H,20,22). The van der Waals surface area contributed by atoms with Crippen LogP contribution in [-0.2, 0) is 14.8 Å². The van der Waals surface area contributed by atoms with E-state index in [0.717, 1.165) is 4.31 Å². The van der Waals surface area contributed by atoms with Crippen molar-refractivity contribution in [2.45, 2.75) is 24.8 Å². The Labute approximate surface area is 164 Å². The molecule has 0 heterocycles. The number of amides is 1. The molecule has 2 rings (SSSR count). The Hall–Kier alpha value is -2.62. The summed E-state index contributed by atoms with van der Waals surface area (Å²) in [7, 11) is -1.08. The fourth-order valence-electron chi connectivity index (χ4n) is 2.73. The summed E-state index contributed by atoms with van der Waals surface area (Å²) in [5.74, 6) is 0.599. The van der Waals surface area contributed by atoms with Crippen molar-refractivity contribution in [1.29, 1.82) is 0 Å². The molecule has 0 bridgehead atoms. The molecule has 0 saturated carbocycles. The van der Waals surface area contributed by atoms with E-state index in [2.05, 4.69) is 0 Å². The van der Waals surface area contributed by atoms with Gasteiger partial charge in [0.15, 0.2) is 0 Å². The average Bonchev–Trinajstić information content (AvgIpc) is 2.68. The number of likely N-dealkylation sites (N-methyl/N-ethyl adjacent to an activating group) is 1. The third-order valence-electron chi connectivity index (χ3n) is 4.20. The Bertz CT molecular complexity index is 895. The van der Waals surface area contributed by atoms with Crippen molar-refractivity contribution in [2.24, 2.45) is 5.92 Å². The number of carbonyl (C=O) groups excluding carboxylic acids is 1. The van der Waals surface area contributed by atoms with Crippen LogP contribution in [0.25, 0.3) is 0 Å². The first-order valence-electron chi connectivity index (χ1n) is 8.54. The van der Waals surface area contributed by atoms with E-state index in [1.54, 1.807) is 45.2 Å². The maximum absolute atomic E-state index is 12.8. The number of ether oxygens (including phenoxy) is 2. The highest BCUT2D eigenvalue weighted by molar-refractivity contribution is 7.89. The minimum absolute atomic E-state index is 0.00784. The predicted molar refractivity (Wildman–Crippen MR) is 103 cm³/mol. The number of sulfonamides is 1. The Kier molecular flexibility index (Phi) is 7.00. The number of hydrogen-bond acceptors (Lipinski definition) is 6. The number of hydrogen-bond donors (Lipinski definition) is 2. The highest BCUT2D eigenvalue weighted by Crippen LogP contribution is 2.26.